The van der Waals surface area contributed by atoms with E-state index in [0.717, 1.165) is 18.5 Å². The molecule has 5 N–H and O–H groups in total. The van der Waals surface area contributed by atoms with Crippen molar-refractivity contribution in [1.82, 2.24) is 15.5 Å². The summed E-state index contributed by atoms with van der Waals surface area (Å²) in [5.74, 6) is 0.0314. The van der Waals surface area contributed by atoms with Gasteiger partial charge in [-0.3, -0.25) is 9.89 Å². The Morgan fingerprint density at radius 3 is 3.06 bits per heavy atom. The van der Waals surface area contributed by atoms with Crippen molar-refractivity contribution in [1.29, 1.82) is 0 Å². The standard InChI is InChI=1S/C11H18N4O3/c1-18-5-7(16)4-13-11(17)10-8(12)9(14-15-10)6-2-3-6/h6-7,16H,2-5,12H2,1H3,(H,13,17)(H,14,15). The predicted molar refractivity (Wildman–Crippen MR) is 65.2 cm³/mol. The van der Waals surface area contributed by atoms with Gasteiger partial charge in [0.2, 0.25) is 0 Å². The first-order chi connectivity index (χ1) is 8.63. The molecule has 1 aromatic rings. The van der Waals surface area contributed by atoms with E-state index < -0.39 is 6.10 Å². The van der Waals surface area contributed by atoms with Gasteiger partial charge >= 0.3 is 0 Å². The quantitative estimate of drug-likeness (QED) is 0.552. The van der Waals surface area contributed by atoms with Crippen molar-refractivity contribution in [3.05, 3.63) is 11.4 Å². The lowest BCUT2D eigenvalue weighted by Gasteiger charge is -2.09. The molecule has 0 bridgehead atoms. The van der Waals surface area contributed by atoms with Crippen LogP contribution in [0.25, 0.3) is 0 Å². The predicted octanol–water partition coefficient (Wildman–Crippen LogP) is -0.394. The van der Waals surface area contributed by atoms with Gasteiger partial charge in [-0.05, 0) is 12.8 Å². The van der Waals surface area contributed by atoms with Gasteiger partial charge in [0, 0.05) is 19.6 Å². The second kappa shape index (κ2) is 5.36. The summed E-state index contributed by atoms with van der Waals surface area (Å²) in [4.78, 5) is 11.8. The molecule has 0 spiro atoms. The number of aromatic nitrogens is 2. The first kappa shape index (κ1) is 12.8. The maximum Gasteiger partial charge on any atom is 0.274 e. The minimum absolute atomic E-state index is 0.109. The topological polar surface area (TPSA) is 113 Å². The minimum Gasteiger partial charge on any atom is -0.395 e. The van der Waals surface area contributed by atoms with Crippen LogP contribution in [-0.2, 0) is 4.74 Å². The number of aromatic amines is 1. The summed E-state index contributed by atoms with van der Waals surface area (Å²) in [7, 11) is 1.48. The van der Waals surface area contributed by atoms with E-state index in [9.17, 15) is 9.90 Å². The van der Waals surface area contributed by atoms with Crippen LogP contribution in [0.4, 0.5) is 5.69 Å². The zero-order valence-corrected chi connectivity index (χ0v) is 10.3. The van der Waals surface area contributed by atoms with E-state index in [1.807, 2.05) is 0 Å². The van der Waals surface area contributed by atoms with Gasteiger partial charge in [0.1, 0.15) is 0 Å². The number of hydrogen-bond acceptors (Lipinski definition) is 5. The summed E-state index contributed by atoms with van der Waals surface area (Å²) in [5.41, 5.74) is 7.32. The van der Waals surface area contributed by atoms with Gasteiger partial charge in [0.05, 0.1) is 24.1 Å². The third-order valence-electron chi connectivity index (χ3n) is 2.89. The van der Waals surface area contributed by atoms with E-state index in [-0.39, 0.29) is 24.8 Å². The number of rotatable bonds is 6. The molecule has 1 aromatic heterocycles. The number of aliphatic hydroxyl groups excluding tert-OH is 1. The molecule has 0 radical (unpaired) electrons. The van der Waals surface area contributed by atoms with E-state index >= 15 is 0 Å². The molecular weight excluding hydrogens is 236 g/mol. The highest BCUT2D eigenvalue weighted by Crippen LogP contribution is 2.42. The van der Waals surface area contributed by atoms with Crippen molar-refractivity contribution in [2.24, 2.45) is 0 Å². The largest absolute Gasteiger partial charge is 0.395 e. The number of H-pyrrole nitrogens is 1. The summed E-state index contributed by atoms with van der Waals surface area (Å²) in [5, 5.41) is 18.7. The molecule has 100 valence electrons. The Kier molecular flexibility index (Phi) is 3.83. The third kappa shape index (κ3) is 2.80. The summed E-state index contributed by atoms with van der Waals surface area (Å²) < 4.78 is 4.76. The number of nitrogens with zero attached hydrogens (tertiary/aromatic N) is 1. The van der Waals surface area contributed by atoms with Crippen molar-refractivity contribution < 1.29 is 14.6 Å². The average molecular weight is 254 g/mol. The number of ether oxygens (including phenoxy) is 1. The second-order valence-corrected chi connectivity index (χ2v) is 4.49. The van der Waals surface area contributed by atoms with Crippen LogP contribution in [0, 0.1) is 0 Å². The van der Waals surface area contributed by atoms with Gasteiger partial charge in [-0.1, -0.05) is 0 Å². The van der Waals surface area contributed by atoms with E-state index in [1.165, 1.54) is 7.11 Å². The molecule has 0 aliphatic heterocycles. The number of carbonyl (C=O) groups excluding carboxylic acids is 1. The number of aliphatic hydroxyl groups is 1. The van der Waals surface area contributed by atoms with Crippen molar-refractivity contribution in [2.45, 2.75) is 24.9 Å². The molecule has 7 heteroatoms. The van der Waals surface area contributed by atoms with E-state index in [2.05, 4.69) is 15.5 Å². The maximum atomic E-state index is 11.8. The normalized spacial score (nSPS) is 16.6. The summed E-state index contributed by atoms with van der Waals surface area (Å²) in [6.45, 7) is 0.279. The van der Waals surface area contributed by atoms with E-state index in [4.69, 9.17) is 10.5 Å². The zero-order chi connectivity index (χ0) is 13.1. The number of nitrogens with two attached hydrogens (primary N) is 1. The second-order valence-electron chi connectivity index (χ2n) is 4.49. The average Bonchev–Trinajstić information content (AvgIpc) is 3.10. The molecule has 1 aliphatic rings. The molecule has 2 rings (SSSR count). The van der Waals surface area contributed by atoms with Crippen molar-refractivity contribution >= 4 is 11.6 Å². The van der Waals surface area contributed by atoms with Gasteiger partial charge in [-0.25, -0.2) is 0 Å². The number of nitrogen functional groups attached to an aromatic ring is 1. The highest BCUT2D eigenvalue weighted by atomic mass is 16.5. The van der Waals surface area contributed by atoms with Crippen LogP contribution in [0.15, 0.2) is 0 Å². The number of hydrogen-bond donors (Lipinski definition) is 4. The lowest BCUT2D eigenvalue weighted by atomic mass is 10.2. The number of nitrogens with one attached hydrogen (secondary N) is 2. The first-order valence-electron chi connectivity index (χ1n) is 5.92. The van der Waals surface area contributed by atoms with Gasteiger partial charge in [0.25, 0.3) is 5.91 Å². The molecular formula is C11H18N4O3. The monoisotopic (exact) mass is 254 g/mol. The van der Waals surface area contributed by atoms with Crippen LogP contribution in [0.3, 0.4) is 0 Å². The summed E-state index contributed by atoms with van der Waals surface area (Å²) in [6, 6.07) is 0. The molecule has 1 unspecified atom stereocenters. The Morgan fingerprint density at radius 1 is 1.72 bits per heavy atom. The van der Waals surface area contributed by atoms with Crippen molar-refractivity contribution in [2.75, 3.05) is 26.0 Å². The Hall–Kier alpha value is -1.60. The van der Waals surface area contributed by atoms with E-state index in [1.54, 1.807) is 0 Å². The lowest BCUT2D eigenvalue weighted by molar-refractivity contribution is 0.0609. The molecule has 1 atom stereocenters. The van der Waals surface area contributed by atoms with Crippen molar-refractivity contribution in [3.63, 3.8) is 0 Å². The fourth-order valence-electron chi connectivity index (χ4n) is 1.77. The highest BCUT2D eigenvalue weighted by molar-refractivity contribution is 5.97. The molecule has 7 nitrogen and oxygen atoms in total. The highest BCUT2D eigenvalue weighted by Gasteiger charge is 2.30. The van der Waals surface area contributed by atoms with Crippen LogP contribution in [0.1, 0.15) is 34.9 Å². The molecule has 1 aliphatic carbocycles. The SMILES string of the molecule is COCC(O)CNC(=O)c1n[nH]c(C2CC2)c1N. The van der Waals surface area contributed by atoms with Gasteiger partial charge in [0.15, 0.2) is 5.69 Å². The molecule has 0 aromatic carbocycles. The molecule has 1 saturated carbocycles. The summed E-state index contributed by atoms with van der Waals surface area (Å²) in [6.07, 6.45) is 1.43. The fraction of sp³-hybridized carbons (Fsp3) is 0.636. The lowest BCUT2D eigenvalue weighted by Crippen LogP contribution is -2.34. The Morgan fingerprint density at radius 2 is 2.44 bits per heavy atom. The van der Waals surface area contributed by atoms with Crippen molar-refractivity contribution in [3.8, 4) is 0 Å². The van der Waals surface area contributed by atoms with Crippen LogP contribution < -0.4 is 11.1 Å². The minimum atomic E-state index is -0.734. The smallest absolute Gasteiger partial charge is 0.274 e. The molecule has 1 amide bonds. The van der Waals surface area contributed by atoms with E-state index in [0.29, 0.717) is 11.6 Å². The molecule has 0 saturated heterocycles. The Labute approximate surface area is 105 Å². The summed E-state index contributed by atoms with van der Waals surface area (Å²) >= 11 is 0. The Bertz CT molecular complexity index is 428. The number of carbonyl (C=O) groups is 1. The van der Waals surface area contributed by atoms with Crippen LogP contribution in [-0.4, -0.2) is 47.6 Å². The van der Waals surface area contributed by atoms with Gasteiger partial charge in [-0.15, -0.1) is 0 Å². The van der Waals surface area contributed by atoms with Gasteiger partial charge < -0.3 is 20.9 Å². The fourth-order valence-corrected chi connectivity index (χ4v) is 1.77. The number of amides is 1. The molecule has 1 heterocycles. The van der Waals surface area contributed by atoms with Crippen LogP contribution >= 0.6 is 0 Å². The zero-order valence-electron chi connectivity index (χ0n) is 10.3. The first-order valence-corrected chi connectivity index (χ1v) is 5.92. The molecule has 18 heavy (non-hydrogen) atoms. The van der Waals surface area contributed by atoms with Crippen LogP contribution in [0.2, 0.25) is 0 Å². The van der Waals surface area contributed by atoms with Gasteiger partial charge in [-0.2, -0.15) is 5.10 Å². The number of anilines is 1. The molecule has 1 fully saturated rings. The maximum absolute atomic E-state index is 11.8. The third-order valence-corrected chi connectivity index (χ3v) is 2.89. The number of methoxy groups -OCH3 is 1. The Balaban J connectivity index is 1.92. The van der Waals surface area contributed by atoms with Crippen LogP contribution in [0.5, 0.6) is 0 Å².